The predicted molar refractivity (Wildman–Crippen MR) is 251 cm³/mol. The van der Waals surface area contributed by atoms with Gasteiger partial charge in [-0.15, -0.1) is 0 Å². The van der Waals surface area contributed by atoms with Crippen molar-refractivity contribution in [2.75, 3.05) is 0 Å². The molecule has 0 amide bonds. The minimum atomic E-state index is -5.03. The molecule has 299 valence electrons. The Morgan fingerprint density at radius 1 is 0.571 bits per heavy atom. The Bertz CT molecular complexity index is 2040. The van der Waals surface area contributed by atoms with Gasteiger partial charge in [0.05, 0.1) is 0 Å². The summed E-state index contributed by atoms with van der Waals surface area (Å²) < 4.78 is 0.149. The quantitative estimate of drug-likeness (QED) is 0.132. The molecule has 4 aromatic rings. The van der Waals surface area contributed by atoms with Gasteiger partial charge in [0.1, 0.15) is 0 Å². The first kappa shape index (κ1) is 43.6. The molecular weight excluding hydrogens is 815 g/mol. The van der Waals surface area contributed by atoms with E-state index in [2.05, 4.69) is 181 Å². The second kappa shape index (κ2) is 15.9. The van der Waals surface area contributed by atoms with E-state index in [4.69, 9.17) is 17.0 Å². The van der Waals surface area contributed by atoms with Gasteiger partial charge in [-0.2, -0.15) is 0 Å². The summed E-state index contributed by atoms with van der Waals surface area (Å²) in [6.45, 7) is 33.2. The molecule has 0 aromatic heterocycles. The fourth-order valence-electron chi connectivity index (χ4n) is 10.5. The fourth-order valence-corrected chi connectivity index (χ4v) is 42.0. The van der Waals surface area contributed by atoms with Gasteiger partial charge >= 0.3 is 353 Å². The molecule has 2 atom stereocenters. The molecule has 0 bridgehead atoms. The van der Waals surface area contributed by atoms with Crippen molar-refractivity contribution in [3.05, 3.63) is 128 Å². The van der Waals surface area contributed by atoms with E-state index in [1.165, 1.54) is 77.9 Å². The second-order valence-corrected chi connectivity index (χ2v) is 62.7. The van der Waals surface area contributed by atoms with Crippen molar-refractivity contribution < 1.29 is 15.6 Å². The van der Waals surface area contributed by atoms with Crippen LogP contribution in [0.4, 0.5) is 0 Å². The molecule has 0 aliphatic heterocycles. The Balaban J connectivity index is 1.71. The van der Waals surface area contributed by atoms with Gasteiger partial charge in [0, 0.05) is 0 Å². The standard InChI is InChI=1S/2C25H31.C2H7Si.2ClH.Zr/c2*1-7-10-18-15-19-13-14-23(25(4,5)6)24(22(19)16-18)21-12-9-8-11-20(21)17(2)3;1-3-2;;;/h2*8-9,11-17H,7,10H2,1-6H3;3H,1-2H3;2*1H;/q;;;;;+2/p-2. The first-order valence-electron chi connectivity index (χ1n) is 21.7. The molecule has 0 radical (unpaired) electrons. The summed E-state index contributed by atoms with van der Waals surface area (Å²) in [5.74, 6) is -0.916. The van der Waals surface area contributed by atoms with E-state index in [0.29, 0.717) is 11.8 Å². The molecule has 4 heteroatoms. The van der Waals surface area contributed by atoms with Crippen LogP contribution in [0.25, 0.3) is 34.4 Å². The summed E-state index contributed by atoms with van der Waals surface area (Å²) in [5.41, 5.74) is 19.6. The van der Waals surface area contributed by atoms with E-state index in [0.717, 1.165) is 25.7 Å². The summed E-state index contributed by atoms with van der Waals surface area (Å²) in [6.07, 6.45) is 9.36. The van der Waals surface area contributed by atoms with Crippen molar-refractivity contribution >= 4 is 35.1 Å². The number of hydrogen-bond acceptors (Lipinski definition) is 0. The van der Waals surface area contributed by atoms with Crippen molar-refractivity contribution in [3.8, 4) is 22.3 Å². The van der Waals surface area contributed by atoms with Crippen LogP contribution in [0.15, 0.2) is 83.9 Å². The topological polar surface area (TPSA) is 0 Å². The van der Waals surface area contributed by atoms with Crippen LogP contribution >= 0.6 is 17.0 Å². The number of halogens is 2. The van der Waals surface area contributed by atoms with Gasteiger partial charge in [-0.25, -0.2) is 0 Å². The van der Waals surface area contributed by atoms with E-state index in [9.17, 15) is 0 Å². The number of hydrogen-bond donors (Lipinski definition) is 0. The average Bonchev–Trinajstić information content (AvgIpc) is 3.69. The van der Waals surface area contributed by atoms with Crippen molar-refractivity contribution in [1.29, 1.82) is 0 Å². The number of fused-ring (bicyclic) bond motifs is 2. The van der Waals surface area contributed by atoms with Crippen LogP contribution in [0.3, 0.4) is 0 Å². The maximum atomic E-state index is 9.03. The van der Waals surface area contributed by atoms with E-state index < -0.39 is 21.5 Å². The van der Waals surface area contributed by atoms with E-state index >= 15 is 0 Å². The van der Waals surface area contributed by atoms with Gasteiger partial charge in [0.15, 0.2) is 0 Å². The molecule has 0 spiro atoms. The van der Waals surface area contributed by atoms with Crippen LogP contribution in [-0.4, -0.2) is 5.92 Å². The monoisotopic (exact) mass is 881 g/mol. The Hall–Kier alpha value is -1.96. The molecule has 56 heavy (non-hydrogen) atoms. The van der Waals surface area contributed by atoms with Crippen LogP contribution in [0.1, 0.15) is 172 Å². The first-order chi connectivity index (χ1) is 26.2. The van der Waals surface area contributed by atoms with Gasteiger partial charge in [0.2, 0.25) is 0 Å². The Labute approximate surface area is 350 Å². The fraction of sp³-hybridized carbons (Fsp3) is 0.462. The molecule has 0 nitrogen and oxygen atoms in total. The third kappa shape index (κ3) is 7.33. The Kier molecular flexibility index (Phi) is 12.4. The second-order valence-electron chi connectivity index (χ2n) is 20.2. The number of allylic oxidation sites excluding steroid dienone is 2. The maximum absolute atomic E-state index is 9.03. The van der Waals surface area contributed by atoms with Gasteiger partial charge in [-0.1, -0.05) is 0 Å². The van der Waals surface area contributed by atoms with Crippen LogP contribution < -0.4 is 0 Å². The van der Waals surface area contributed by atoms with Crippen molar-refractivity contribution in [2.45, 2.75) is 152 Å². The van der Waals surface area contributed by atoms with Gasteiger partial charge in [-0.05, 0) is 0 Å². The summed E-state index contributed by atoms with van der Waals surface area (Å²) in [7, 11) is 18.1. The summed E-state index contributed by atoms with van der Waals surface area (Å²) in [5, 5.41) is 0. The zero-order chi connectivity index (χ0) is 41.1. The molecule has 6 rings (SSSR count). The van der Waals surface area contributed by atoms with Crippen LogP contribution in [-0.2, 0) is 26.4 Å². The predicted octanol–water partition coefficient (Wildman–Crippen LogP) is 17.0. The molecule has 0 N–H and O–H groups in total. The zero-order valence-corrected chi connectivity index (χ0v) is 42.2. The Morgan fingerprint density at radius 2 is 0.929 bits per heavy atom. The SMILES string of the molecule is CCCC1=Cc2c(ccc(C(C)(C)C)c2-c2ccccc2C(C)C)[CH]1[Zr]([Cl])([Cl])([CH]1C(CCC)=Cc2c1ccc(C(C)(C)C)c2-c1ccccc1C(C)C)[SiH](C)C. The molecule has 2 aliphatic rings. The zero-order valence-electron chi connectivity index (χ0n) is 37.1. The molecule has 0 saturated heterocycles. The molecule has 0 heterocycles. The van der Waals surface area contributed by atoms with Crippen molar-refractivity contribution in [3.63, 3.8) is 0 Å². The molecular formula is C52H69Cl2SiZr. The third-order valence-electron chi connectivity index (χ3n) is 13.2. The summed E-state index contributed by atoms with van der Waals surface area (Å²) in [6, 6.07) is 28.1. The Morgan fingerprint density at radius 3 is 1.23 bits per heavy atom. The first-order valence-corrected chi connectivity index (χ1v) is 38.0. The van der Waals surface area contributed by atoms with E-state index in [-0.39, 0.29) is 18.1 Å². The summed E-state index contributed by atoms with van der Waals surface area (Å²) >= 11 is -5.03. The normalized spacial score (nSPS) is 17.9. The molecule has 0 saturated carbocycles. The average molecular weight is 884 g/mol. The van der Waals surface area contributed by atoms with Gasteiger partial charge < -0.3 is 0 Å². The third-order valence-corrected chi connectivity index (χ3v) is 65.0. The van der Waals surface area contributed by atoms with Crippen molar-refractivity contribution in [2.24, 2.45) is 0 Å². The summed E-state index contributed by atoms with van der Waals surface area (Å²) in [4.78, 5) is 0. The van der Waals surface area contributed by atoms with Crippen LogP contribution in [0.5, 0.6) is 0 Å². The van der Waals surface area contributed by atoms with Crippen LogP contribution in [0, 0.1) is 0 Å². The number of rotatable bonds is 11. The van der Waals surface area contributed by atoms with Crippen molar-refractivity contribution in [1.82, 2.24) is 0 Å². The van der Waals surface area contributed by atoms with Gasteiger partial charge in [0.25, 0.3) is 0 Å². The van der Waals surface area contributed by atoms with E-state index in [1.807, 2.05) is 0 Å². The molecule has 2 aliphatic carbocycles. The molecule has 4 aromatic carbocycles. The molecule has 0 fully saturated rings. The number of benzene rings is 4. The van der Waals surface area contributed by atoms with E-state index in [1.54, 1.807) is 0 Å². The van der Waals surface area contributed by atoms with Gasteiger partial charge in [-0.3, -0.25) is 0 Å². The minimum absolute atomic E-state index is 0.0348. The molecule has 2 unspecified atom stereocenters. The van der Waals surface area contributed by atoms with Crippen LogP contribution in [0.2, 0.25) is 13.1 Å².